The quantitative estimate of drug-likeness (QED) is 0.659. The van der Waals surface area contributed by atoms with Crippen LogP contribution in [-0.4, -0.2) is 17.4 Å². The third-order valence-corrected chi connectivity index (χ3v) is 2.56. The smallest absolute Gasteiger partial charge is 0.270 e. The second-order valence-corrected chi connectivity index (χ2v) is 3.89. The van der Waals surface area contributed by atoms with Crippen LogP contribution >= 0.6 is 0 Å². The minimum absolute atomic E-state index is 0.0984. The van der Waals surface area contributed by atoms with Crippen molar-refractivity contribution in [2.24, 2.45) is 0 Å². The van der Waals surface area contributed by atoms with Gasteiger partial charge in [0, 0.05) is 30.7 Å². The maximum atomic E-state index is 11.8. The van der Waals surface area contributed by atoms with Crippen molar-refractivity contribution in [3.05, 3.63) is 64.1 Å². The number of nitro groups is 1. The van der Waals surface area contributed by atoms with Gasteiger partial charge in [0.2, 0.25) is 0 Å². The predicted molar refractivity (Wildman–Crippen MR) is 67.8 cm³/mol. The Morgan fingerprint density at radius 3 is 2.84 bits per heavy atom. The number of nitro benzene ring substituents is 1. The van der Waals surface area contributed by atoms with Crippen LogP contribution in [0.15, 0.2) is 47.1 Å². The van der Waals surface area contributed by atoms with Crippen molar-refractivity contribution in [2.75, 3.05) is 6.54 Å². The van der Waals surface area contributed by atoms with Crippen molar-refractivity contribution in [1.82, 2.24) is 5.32 Å². The van der Waals surface area contributed by atoms with Gasteiger partial charge in [-0.05, 0) is 18.2 Å². The van der Waals surface area contributed by atoms with Gasteiger partial charge in [-0.25, -0.2) is 0 Å². The molecule has 1 aromatic carbocycles. The molecule has 2 aromatic rings. The van der Waals surface area contributed by atoms with E-state index in [2.05, 4.69) is 5.32 Å². The van der Waals surface area contributed by atoms with Gasteiger partial charge in [0.05, 0.1) is 11.2 Å². The molecule has 1 amide bonds. The van der Waals surface area contributed by atoms with Gasteiger partial charge in [0.1, 0.15) is 5.76 Å². The highest BCUT2D eigenvalue weighted by molar-refractivity contribution is 5.94. The van der Waals surface area contributed by atoms with Crippen molar-refractivity contribution in [3.8, 4) is 0 Å². The zero-order chi connectivity index (χ0) is 13.7. The number of carbonyl (C=O) groups excluding carboxylic acids is 1. The summed E-state index contributed by atoms with van der Waals surface area (Å²) in [6.45, 7) is 0.412. The Kier molecular flexibility index (Phi) is 3.92. The summed E-state index contributed by atoms with van der Waals surface area (Å²) in [4.78, 5) is 21.9. The summed E-state index contributed by atoms with van der Waals surface area (Å²) in [5, 5.41) is 13.3. The molecule has 0 saturated heterocycles. The monoisotopic (exact) mass is 260 g/mol. The lowest BCUT2D eigenvalue weighted by Gasteiger charge is -2.03. The summed E-state index contributed by atoms with van der Waals surface area (Å²) in [5.74, 6) is 0.439. The molecule has 0 fully saturated rings. The normalized spacial score (nSPS) is 10.1. The fourth-order valence-electron chi connectivity index (χ4n) is 1.62. The Morgan fingerprint density at radius 1 is 1.32 bits per heavy atom. The van der Waals surface area contributed by atoms with E-state index in [-0.39, 0.29) is 17.2 Å². The zero-order valence-electron chi connectivity index (χ0n) is 10.0. The zero-order valence-corrected chi connectivity index (χ0v) is 10.0. The Hall–Kier alpha value is -2.63. The summed E-state index contributed by atoms with van der Waals surface area (Å²) in [6, 6.07) is 9.22. The molecule has 1 N–H and O–H groups in total. The average Bonchev–Trinajstić information content (AvgIpc) is 2.92. The third-order valence-electron chi connectivity index (χ3n) is 2.56. The Labute approximate surface area is 109 Å². The molecule has 19 heavy (non-hydrogen) atoms. The molecule has 0 unspecified atom stereocenters. The molecule has 0 aliphatic carbocycles. The topological polar surface area (TPSA) is 85.4 Å². The highest BCUT2D eigenvalue weighted by Gasteiger charge is 2.10. The molecule has 0 radical (unpaired) electrons. The van der Waals surface area contributed by atoms with E-state index in [1.165, 1.54) is 24.3 Å². The minimum Gasteiger partial charge on any atom is -0.469 e. The van der Waals surface area contributed by atoms with Crippen LogP contribution in [0.25, 0.3) is 0 Å². The van der Waals surface area contributed by atoms with Crippen LogP contribution < -0.4 is 5.32 Å². The van der Waals surface area contributed by atoms with Gasteiger partial charge in [0.15, 0.2) is 0 Å². The fraction of sp³-hybridized carbons (Fsp3) is 0.154. The second kappa shape index (κ2) is 5.81. The lowest BCUT2D eigenvalue weighted by molar-refractivity contribution is -0.384. The van der Waals surface area contributed by atoms with Crippen LogP contribution in [0.3, 0.4) is 0 Å². The van der Waals surface area contributed by atoms with Crippen molar-refractivity contribution in [2.45, 2.75) is 6.42 Å². The Bertz CT molecular complexity index is 578. The summed E-state index contributed by atoms with van der Waals surface area (Å²) >= 11 is 0. The van der Waals surface area contributed by atoms with Crippen LogP contribution in [-0.2, 0) is 6.42 Å². The highest BCUT2D eigenvalue weighted by Crippen LogP contribution is 2.12. The lowest BCUT2D eigenvalue weighted by Crippen LogP contribution is -2.25. The van der Waals surface area contributed by atoms with Crippen LogP contribution in [0.5, 0.6) is 0 Å². The summed E-state index contributed by atoms with van der Waals surface area (Å²) in [6.07, 6.45) is 2.14. The van der Waals surface area contributed by atoms with E-state index < -0.39 is 4.92 Å². The van der Waals surface area contributed by atoms with Crippen LogP contribution in [0.1, 0.15) is 16.1 Å². The van der Waals surface area contributed by atoms with Crippen LogP contribution in [0.4, 0.5) is 5.69 Å². The molecular formula is C13H12N2O4. The van der Waals surface area contributed by atoms with Gasteiger partial charge < -0.3 is 9.73 Å². The van der Waals surface area contributed by atoms with E-state index in [0.29, 0.717) is 13.0 Å². The molecule has 6 nitrogen and oxygen atoms in total. The number of furan rings is 1. The molecule has 0 aliphatic heterocycles. The van der Waals surface area contributed by atoms with E-state index in [0.717, 1.165) is 5.76 Å². The number of amides is 1. The van der Waals surface area contributed by atoms with Gasteiger partial charge in [-0.15, -0.1) is 0 Å². The van der Waals surface area contributed by atoms with E-state index >= 15 is 0 Å². The first-order chi connectivity index (χ1) is 9.16. The molecular weight excluding hydrogens is 248 g/mol. The van der Waals surface area contributed by atoms with Gasteiger partial charge >= 0.3 is 0 Å². The number of hydrogen-bond acceptors (Lipinski definition) is 4. The van der Waals surface area contributed by atoms with Crippen molar-refractivity contribution < 1.29 is 14.1 Å². The standard InChI is InChI=1S/C13H12N2O4/c16-13(14-7-6-12-5-2-8-19-12)10-3-1-4-11(9-10)15(17)18/h1-5,8-9H,6-7H2,(H,14,16). The Balaban J connectivity index is 1.92. The number of hydrogen-bond donors (Lipinski definition) is 1. The first-order valence-electron chi connectivity index (χ1n) is 5.72. The maximum Gasteiger partial charge on any atom is 0.270 e. The predicted octanol–water partition coefficient (Wildman–Crippen LogP) is 2.16. The number of rotatable bonds is 5. The number of nitrogens with zero attached hydrogens (tertiary/aromatic N) is 1. The second-order valence-electron chi connectivity index (χ2n) is 3.89. The van der Waals surface area contributed by atoms with Crippen molar-refractivity contribution in [1.29, 1.82) is 0 Å². The summed E-state index contributed by atoms with van der Waals surface area (Å²) in [5.41, 5.74) is 0.173. The number of benzene rings is 1. The molecule has 0 spiro atoms. The molecule has 1 aromatic heterocycles. The van der Waals surface area contributed by atoms with Crippen molar-refractivity contribution in [3.63, 3.8) is 0 Å². The fourth-order valence-corrected chi connectivity index (χ4v) is 1.62. The van der Waals surface area contributed by atoms with Crippen molar-refractivity contribution >= 4 is 11.6 Å². The number of nitrogens with one attached hydrogen (secondary N) is 1. The largest absolute Gasteiger partial charge is 0.469 e. The first kappa shape index (κ1) is 12.8. The SMILES string of the molecule is O=C(NCCc1ccco1)c1cccc([N+](=O)[O-])c1. The van der Waals surface area contributed by atoms with E-state index in [9.17, 15) is 14.9 Å². The molecule has 0 atom stereocenters. The lowest BCUT2D eigenvalue weighted by atomic mass is 10.2. The van der Waals surface area contributed by atoms with Crippen LogP contribution in [0, 0.1) is 10.1 Å². The Morgan fingerprint density at radius 2 is 2.16 bits per heavy atom. The maximum absolute atomic E-state index is 11.8. The summed E-state index contributed by atoms with van der Waals surface area (Å²) in [7, 11) is 0. The van der Waals surface area contributed by atoms with Gasteiger partial charge in [-0.3, -0.25) is 14.9 Å². The van der Waals surface area contributed by atoms with Gasteiger partial charge in [-0.2, -0.15) is 0 Å². The minimum atomic E-state index is -0.528. The molecule has 0 saturated carbocycles. The molecule has 2 rings (SSSR count). The molecule has 1 heterocycles. The van der Waals surface area contributed by atoms with Gasteiger partial charge in [-0.1, -0.05) is 6.07 Å². The number of carbonyl (C=O) groups is 1. The first-order valence-corrected chi connectivity index (χ1v) is 5.72. The third kappa shape index (κ3) is 3.41. The van der Waals surface area contributed by atoms with E-state index in [1.807, 2.05) is 6.07 Å². The van der Waals surface area contributed by atoms with Gasteiger partial charge in [0.25, 0.3) is 11.6 Å². The van der Waals surface area contributed by atoms with E-state index in [1.54, 1.807) is 12.3 Å². The highest BCUT2D eigenvalue weighted by atomic mass is 16.6. The van der Waals surface area contributed by atoms with E-state index in [4.69, 9.17) is 4.42 Å². The number of non-ortho nitro benzene ring substituents is 1. The average molecular weight is 260 g/mol. The molecule has 6 heteroatoms. The van der Waals surface area contributed by atoms with Crippen LogP contribution in [0.2, 0.25) is 0 Å². The molecule has 0 bridgehead atoms. The molecule has 98 valence electrons. The molecule has 0 aliphatic rings. The summed E-state index contributed by atoms with van der Waals surface area (Å²) < 4.78 is 5.13.